The van der Waals surface area contributed by atoms with E-state index in [4.69, 9.17) is 4.74 Å². The SMILES string of the molecule is COc1cccc(CN(C)CCC(=O)Nc2sc3c(c2C#N)CCCC3)c1. The minimum absolute atomic E-state index is 0.0393. The third-order valence-corrected chi connectivity index (χ3v) is 6.05. The zero-order valence-corrected chi connectivity index (χ0v) is 16.7. The van der Waals surface area contributed by atoms with Crippen molar-refractivity contribution in [2.45, 2.75) is 38.6 Å². The number of fused-ring (bicyclic) bond motifs is 1. The molecule has 0 unspecified atom stereocenters. The summed E-state index contributed by atoms with van der Waals surface area (Å²) < 4.78 is 5.25. The first kappa shape index (κ1) is 19.4. The number of nitrogens with zero attached hydrogens (tertiary/aromatic N) is 2. The molecule has 0 fully saturated rings. The van der Waals surface area contributed by atoms with Crippen LogP contribution < -0.4 is 10.1 Å². The van der Waals surface area contributed by atoms with Crippen LogP contribution >= 0.6 is 11.3 Å². The minimum atomic E-state index is -0.0393. The highest BCUT2D eigenvalue weighted by Crippen LogP contribution is 2.37. The summed E-state index contributed by atoms with van der Waals surface area (Å²) in [7, 11) is 3.66. The van der Waals surface area contributed by atoms with Crippen LogP contribution in [-0.4, -0.2) is 31.5 Å². The van der Waals surface area contributed by atoms with Crippen LogP contribution in [0.25, 0.3) is 0 Å². The van der Waals surface area contributed by atoms with Crippen molar-refractivity contribution in [3.63, 3.8) is 0 Å². The lowest BCUT2D eigenvalue weighted by Crippen LogP contribution is -2.24. The van der Waals surface area contributed by atoms with Gasteiger partial charge in [-0.2, -0.15) is 5.26 Å². The monoisotopic (exact) mass is 383 g/mol. The van der Waals surface area contributed by atoms with Crippen molar-refractivity contribution < 1.29 is 9.53 Å². The molecule has 1 heterocycles. The van der Waals surface area contributed by atoms with Gasteiger partial charge in [-0.15, -0.1) is 11.3 Å². The number of nitriles is 1. The molecule has 0 bridgehead atoms. The van der Waals surface area contributed by atoms with E-state index in [1.54, 1.807) is 18.4 Å². The van der Waals surface area contributed by atoms with E-state index < -0.39 is 0 Å². The van der Waals surface area contributed by atoms with Gasteiger partial charge in [0.2, 0.25) is 5.91 Å². The summed E-state index contributed by atoms with van der Waals surface area (Å²) in [5.74, 6) is 0.798. The highest BCUT2D eigenvalue weighted by atomic mass is 32.1. The van der Waals surface area contributed by atoms with Gasteiger partial charge in [0.1, 0.15) is 16.8 Å². The number of benzene rings is 1. The molecular formula is C21H25N3O2S. The third-order valence-electron chi connectivity index (χ3n) is 4.84. The van der Waals surface area contributed by atoms with E-state index in [0.29, 0.717) is 18.5 Å². The molecule has 0 radical (unpaired) electrons. The number of thiophene rings is 1. The van der Waals surface area contributed by atoms with Crippen molar-refractivity contribution >= 4 is 22.2 Å². The summed E-state index contributed by atoms with van der Waals surface area (Å²) >= 11 is 1.57. The Balaban J connectivity index is 1.54. The number of carbonyl (C=O) groups excluding carboxylic acids is 1. The Labute approximate surface area is 164 Å². The first-order chi connectivity index (χ1) is 13.1. The summed E-state index contributed by atoms with van der Waals surface area (Å²) in [6, 6.07) is 10.2. The Morgan fingerprint density at radius 3 is 2.96 bits per heavy atom. The van der Waals surface area contributed by atoms with Gasteiger partial charge in [0.15, 0.2) is 0 Å². The number of hydrogen-bond donors (Lipinski definition) is 1. The van der Waals surface area contributed by atoms with Gasteiger partial charge >= 0.3 is 0 Å². The largest absolute Gasteiger partial charge is 0.497 e. The summed E-state index contributed by atoms with van der Waals surface area (Å²) in [5, 5.41) is 13.2. The molecule has 1 aromatic heterocycles. The maximum absolute atomic E-state index is 12.4. The Kier molecular flexibility index (Phi) is 6.49. The van der Waals surface area contributed by atoms with E-state index in [1.165, 1.54) is 11.3 Å². The minimum Gasteiger partial charge on any atom is -0.497 e. The van der Waals surface area contributed by atoms with Crippen molar-refractivity contribution in [3.05, 3.63) is 45.8 Å². The molecule has 2 aromatic rings. The average Bonchev–Trinajstić information content (AvgIpc) is 3.03. The molecule has 0 spiro atoms. The number of rotatable bonds is 7. The normalized spacial score (nSPS) is 13.1. The number of nitrogens with one attached hydrogen (secondary N) is 1. The van der Waals surface area contributed by atoms with Crippen LogP contribution in [0.15, 0.2) is 24.3 Å². The van der Waals surface area contributed by atoms with Gasteiger partial charge in [-0.1, -0.05) is 12.1 Å². The number of amides is 1. The van der Waals surface area contributed by atoms with E-state index in [2.05, 4.69) is 22.4 Å². The van der Waals surface area contributed by atoms with Crippen LogP contribution in [0.2, 0.25) is 0 Å². The molecule has 1 N–H and O–H groups in total. The lowest BCUT2D eigenvalue weighted by atomic mass is 9.96. The standard InChI is InChI=1S/C21H25N3O2S/c1-24(14-15-6-5-7-16(12-15)26-2)11-10-20(25)23-21-18(13-22)17-8-3-4-9-19(17)27-21/h5-7,12H,3-4,8-11,14H2,1-2H3,(H,23,25). The van der Waals surface area contributed by atoms with Crippen molar-refractivity contribution in [1.82, 2.24) is 4.90 Å². The van der Waals surface area contributed by atoms with Crippen LogP contribution in [0.1, 0.15) is 40.8 Å². The number of ether oxygens (including phenoxy) is 1. The molecule has 0 saturated heterocycles. The number of methoxy groups -OCH3 is 1. The molecule has 27 heavy (non-hydrogen) atoms. The van der Waals surface area contributed by atoms with Crippen molar-refractivity contribution in [3.8, 4) is 11.8 Å². The second-order valence-corrected chi connectivity index (χ2v) is 8.02. The van der Waals surface area contributed by atoms with Gasteiger partial charge in [0.25, 0.3) is 0 Å². The maximum atomic E-state index is 12.4. The Morgan fingerprint density at radius 2 is 2.19 bits per heavy atom. The van der Waals surface area contributed by atoms with Gasteiger partial charge in [0, 0.05) is 24.4 Å². The third kappa shape index (κ3) is 4.88. The van der Waals surface area contributed by atoms with E-state index in [1.807, 2.05) is 25.2 Å². The smallest absolute Gasteiger partial charge is 0.226 e. The summed E-state index contributed by atoms with van der Waals surface area (Å²) in [6.45, 7) is 1.40. The fraction of sp³-hybridized carbons (Fsp3) is 0.429. The molecule has 1 aliphatic carbocycles. The first-order valence-corrected chi connectivity index (χ1v) is 10.1. The van der Waals surface area contributed by atoms with E-state index >= 15 is 0 Å². The van der Waals surface area contributed by atoms with E-state index in [9.17, 15) is 10.1 Å². The van der Waals surface area contributed by atoms with Gasteiger partial charge in [-0.05, 0) is 56.0 Å². The zero-order valence-electron chi connectivity index (χ0n) is 15.9. The van der Waals surface area contributed by atoms with Crippen LogP contribution in [0.3, 0.4) is 0 Å². The Hall–Kier alpha value is -2.36. The topological polar surface area (TPSA) is 65.4 Å². The molecule has 0 aliphatic heterocycles. The number of aryl methyl sites for hydroxylation is 1. The van der Waals surface area contributed by atoms with Crippen LogP contribution in [-0.2, 0) is 24.2 Å². The molecule has 5 nitrogen and oxygen atoms in total. The highest BCUT2D eigenvalue weighted by Gasteiger charge is 2.21. The van der Waals surface area contributed by atoms with Crippen LogP contribution in [0, 0.1) is 11.3 Å². The predicted octanol–water partition coefficient (Wildman–Crippen LogP) is 3.97. The van der Waals surface area contributed by atoms with Crippen molar-refractivity contribution in [2.24, 2.45) is 0 Å². The molecule has 3 rings (SSSR count). The number of anilines is 1. The maximum Gasteiger partial charge on any atom is 0.226 e. The molecule has 0 saturated carbocycles. The van der Waals surface area contributed by atoms with Crippen molar-refractivity contribution in [1.29, 1.82) is 5.26 Å². The van der Waals surface area contributed by atoms with Crippen LogP contribution in [0.5, 0.6) is 5.75 Å². The van der Waals surface area contributed by atoms with Gasteiger partial charge in [-0.25, -0.2) is 0 Å². The van der Waals surface area contributed by atoms with Crippen LogP contribution in [0.4, 0.5) is 5.00 Å². The summed E-state index contributed by atoms with van der Waals surface area (Å²) in [5.41, 5.74) is 2.97. The molecule has 142 valence electrons. The fourth-order valence-corrected chi connectivity index (χ4v) is 4.67. The molecule has 6 heteroatoms. The predicted molar refractivity (Wildman–Crippen MR) is 108 cm³/mol. The summed E-state index contributed by atoms with van der Waals surface area (Å²) in [4.78, 5) is 15.8. The van der Waals surface area contributed by atoms with Gasteiger partial charge in [0.05, 0.1) is 12.7 Å². The lowest BCUT2D eigenvalue weighted by Gasteiger charge is -2.16. The molecule has 1 aromatic carbocycles. The van der Waals surface area contributed by atoms with Gasteiger partial charge < -0.3 is 15.0 Å². The Bertz CT molecular complexity index is 854. The quantitative estimate of drug-likeness (QED) is 0.786. The number of hydrogen-bond acceptors (Lipinski definition) is 5. The fourth-order valence-electron chi connectivity index (χ4n) is 3.42. The molecule has 0 atom stereocenters. The number of carbonyl (C=O) groups is 1. The Morgan fingerprint density at radius 1 is 1.37 bits per heavy atom. The first-order valence-electron chi connectivity index (χ1n) is 9.26. The van der Waals surface area contributed by atoms with Gasteiger partial charge in [-0.3, -0.25) is 4.79 Å². The lowest BCUT2D eigenvalue weighted by molar-refractivity contribution is -0.116. The second-order valence-electron chi connectivity index (χ2n) is 6.91. The summed E-state index contributed by atoms with van der Waals surface area (Å²) in [6.07, 6.45) is 4.66. The van der Waals surface area contributed by atoms with Crippen molar-refractivity contribution in [2.75, 3.05) is 26.0 Å². The molecule has 1 amide bonds. The highest BCUT2D eigenvalue weighted by molar-refractivity contribution is 7.16. The molecule has 1 aliphatic rings. The average molecular weight is 384 g/mol. The van der Waals surface area contributed by atoms with E-state index in [-0.39, 0.29) is 5.91 Å². The van der Waals surface area contributed by atoms with E-state index in [0.717, 1.165) is 47.7 Å². The second kappa shape index (κ2) is 9.03. The zero-order chi connectivity index (χ0) is 19.2. The molecular weight excluding hydrogens is 358 g/mol.